The Bertz CT molecular complexity index is 325. The Morgan fingerprint density at radius 2 is 2.08 bits per heavy atom. The second-order valence-electron chi connectivity index (χ2n) is 2.62. The Labute approximate surface area is 77.0 Å². The van der Waals surface area contributed by atoms with Crippen molar-refractivity contribution in [3.05, 3.63) is 29.8 Å². The molecule has 0 unspecified atom stereocenters. The third-order valence-corrected chi connectivity index (χ3v) is 1.55. The molecule has 1 aromatic carbocycles. The molecule has 4 nitrogen and oxygen atoms in total. The van der Waals surface area contributed by atoms with Crippen molar-refractivity contribution in [3.63, 3.8) is 0 Å². The van der Waals surface area contributed by atoms with Gasteiger partial charge in [-0.05, 0) is 24.1 Å². The molecule has 0 aromatic heterocycles. The van der Waals surface area contributed by atoms with Crippen molar-refractivity contribution in [2.45, 2.75) is 12.4 Å². The molecule has 0 saturated heterocycles. The van der Waals surface area contributed by atoms with Crippen LogP contribution in [-0.2, 0) is 11.2 Å². The summed E-state index contributed by atoms with van der Waals surface area (Å²) >= 11 is 0. The molecule has 0 spiro atoms. The van der Waals surface area contributed by atoms with E-state index in [9.17, 15) is 4.79 Å². The third kappa shape index (κ3) is 2.76. The number of aromatic hydroxyl groups is 1. The van der Waals surface area contributed by atoms with Crippen LogP contribution >= 0.6 is 0 Å². The van der Waals surface area contributed by atoms with Gasteiger partial charge >= 0.3 is 5.97 Å². The predicted molar refractivity (Wildman–Crippen MR) is 47.4 cm³/mol. The molecule has 13 heavy (non-hydrogen) atoms. The van der Waals surface area contributed by atoms with E-state index in [1.807, 2.05) is 0 Å². The lowest BCUT2D eigenvalue weighted by atomic mass is 10.1. The Hall–Kier alpha value is -1.55. The summed E-state index contributed by atoms with van der Waals surface area (Å²) in [6.07, 6.45) is -1.02. The zero-order chi connectivity index (χ0) is 10.7. The van der Waals surface area contributed by atoms with E-state index >= 15 is 0 Å². The summed E-state index contributed by atoms with van der Waals surface area (Å²) in [6, 6.07) is 4.50. The van der Waals surface area contributed by atoms with Crippen molar-refractivity contribution in [1.82, 2.24) is 0 Å². The van der Waals surface area contributed by atoms with E-state index in [1.165, 1.54) is 24.3 Å². The minimum atomic E-state index is -1.25. The molecule has 0 fully saturated rings. The number of nitrogens with two attached hydrogens (primary N) is 1. The van der Waals surface area contributed by atoms with Crippen LogP contribution in [0.25, 0.3) is 0 Å². The van der Waals surface area contributed by atoms with Gasteiger partial charge in [-0.25, -0.2) is 0 Å². The minimum absolute atomic E-state index is 0.0739. The maximum Gasteiger partial charge on any atom is 0.320 e. The molecule has 0 aliphatic rings. The maximum absolute atomic E-state index is 10.5. The average Bonchev–Trinajstić information content (AvgIpc) is 2.16. The van der Waals surface area contributed by atoms with Gasteiger partial charge < -0.3 is 15.9 Å². The van der Waals surface area contributed by atoms with E-state index in [0.717, 1.165) is 0 Å². The molecule has 1 rings (SSSR count). The molecule has 0 aliphatic heterocycles. The first-order valence-corrected chi connectivity index (χ1v) is 3.72. The number of aliphatic carboxylic acids is 1. The van der Waals surface area contributed by atoms with Gasteiger partial charge in [0.05, 0.1) is 0 Å². The largest absolute Gasteiger partial charge is 0.508 e. The lowest BCUT2D eigenvalue weighted by Crippen LogP contribution is -2.32. The van der Waals surface area contributed by atoms with Crippen LogP contribution in [0.5, 0.6) is 5.75 Å². The van der Waals surface area contributed by atoms with Crippen molar-refractivity contribution < 1.29 is 16.4 Å². The van der Waals surface area contributed by atoms with Gasteiger partial charge in [-0.3, -0.25) is 4.79 Å². The first-order valence-electron chi connectivity index (χ1n) is 4.29. The van der Waals surface area contributed by atoms with E-state index < -0.39 is 18.4 Å². The number of carbonyl (C=O) groups is 1. The number of phenols is 1. The molecule has 0 saturated carbocycles. The van der Waals surface area contributed by atoms with Gasteiger partial charge in [0.1, 0.15) is 11.8 Å². The van der Waals surface area contributed by atoms with E-state index in [0.29, 0.717) is 5.56 Å². The topological polar surface area (TPSA) is 83.5 Å². The van der Waals surface area contributed by atoms with Crippen LogP contribution in [0, 0.1) is 0 Å². The number of hydrogen-bond acceptors (Lipinski definition) is 3. The van der Waals surface area contributed by atoms with Crippen LogP contribution in [0.1, 0.15) is 6.93 Å². The molecular weight excluding hydrogens is 171 g/mol. The summed E-state index contributed by atoms with van der Waals surface area (Å²) in [6.45, 7) is 0. The number of benzene rings is 1. The van der Waals surface area contributed by atoms with E-state index in [-0.39, 0.29) is 5.75 Å². The number of phenolic OH excluding ortho intramolecular Hbond substituents is 1. The van der Waals surface area contributed by atoms with Gasteiger partial charge in [0.25, 0.3) is 0 Å². The van der Waals surface area contributed by atoms with E-state index in [4.69, 9.17) is 17.3 Å². The second kappa shape index (κ2) is 3.91. The van der Waals surface area contributed by atoms with Crippen molar-refractivity contribution >= 4 is 5.97 Å². The lowest BCUT2D eigenvalue weighted by Gasteiger charge is -2.05. The van der Waals surface area contributed by atoms with Crippen molar-refractivity contribution in [2.75, 3.05) is 0 Å². The standard InChI is InChI=1S/C9H11NO3/c10-8(9(12)13)5-6-1-3-7(11)4-2-6/h1-4,8,11H,5,10H2,(H,12,13)/t8-/m0/s1/i5D,10+1/t5-,8-. The summed E-state index contributed by atoms with van der Waals surface area (Å²) in [5.74, 6) is -1.14. The van der Waals surface area contributed by atoms with Crippen LogP contribution in [0.3, 0.4) is 0 Å². The fraction of sp³-hybridized carbons (Fsp3) is 0.222. The molecule has 4 N–H and O–H groups in total. The molecule has 0 amide bonds. The normalized spacial score (nSPS) is 15.9. The first-order chi connectivity index (χ1) is 6.52. The van der Waals surface area contributed by atoms with Crippen molar-refractivity contribution in [2.24, 2.45) is 5.73 Å². The quantitative estimate of drug-likeness (QED) is 0.590. The van der Waals surface area contributed by atoms with Crippen LogP contribution in [-0.4, -0.2) is 22.2 Å². The SMILES string of the molecule is [2H][C@@H](c1ccc(O)cc1)[C@H]([15NH2])C(=O)O. The average molecular weight is 183 g/mol. The Kier molecular flexibility index (Phi) is 2.43. The highest BCUT2D eigenvalue weighted by atomic mass is 16.4. The molecule has 0 radical (unpaired) electrons. The zero-order valence-electron chi connectivity index (χ0n) is 7.84. The highest BCUT2D eigenvalue weighted by Gasteiger charge is 2.11. The maximum atomic E-state index is 10.5. The molecule has 0 bridgehead atoms. The lowest BCUT2D eigenvalue weighted by molar-refractivity contribution is -0.138. The summed E-state index contributed by atoms with van der Waals surface area (Å²) in [5.41, 5.74) is 5.75. The summed E-state index contributed by atoms with van der Waals surface area (Å²) in [5, 5.41) is 17.6. The first kappa shape index (κ1) is 8.07. The van der Waals surface area contributed by atoms with Gasteiger partial charge in [-0.15, -0.1) is 0 Å². The monoisotopic (exact) mass is 183 g/mol. The molecule has 4 heteroatoms. The highest BCUT2D eigenvalue weighted by molar-refractivity contribution is 5.73. The Morgan fingerprint density at radius 3 is 2.54 bits per heavy atom. The fourth-order valence-electron chi connectivity index (χ4n) is 0.864. The Morgan fingerprint density at radius 1 is 1.54 bits per heavy atom. The highest BCUT2D eigenvalue weighted by Crippen LogP contribution is 2.10. The summed E-state index contributed by atoms with van der Waals surface area (Å²) in [7, 11) is 0. The van der Waals surface area contributed by atoms with Gasteiger partial charge in [0, 0.05) is 1.37 Å². The van der Waals surface area contributed by atoms with Crippen molar-refractivity contribution in [3.8, 4) is 5.75 Å². The molecule has 0 aliphatic carbocycles. The van der Waals surface area contributed by atoms with Gasteiger partial charge in [0.15, 0.2) is 0 Å². The van der Waals surface area contributed by atoms with E-state index in [2.05, 4.69) is 0 Å². The van der Waals surface area contributed by atoms with E-state index in [1.54, 1.807) is 0 Å². The number of rotatable bonds is 3. The summed E-state index contributed by atoms with van der Waals surface area (Å²) < 4.78 is 7.53. The number of carboxylic acids is 1. The van der Waals surface area contributed by atoms with Crippen molar-refractivity contribution in [1.29, 1.82) is 0 Å². The number of hydrogen-bond donors (Lipinski definition) is 3. The molecule has 1 aromatic rings. The molecule has 70 valence electrons. The smallest absolute Gasteiger partial charge is 0.320 e. The van der Waals surface area contributed by atoms with Gasteiger partial charge in [-0.1, -0.05) is 12.1 Å². The minimum Gasteiger partial charge on any atom is -0.508 e. The fourth-order valence-corrected chi connectivity index (χ4v) is 0.864. The van der Waals surface area contributed by atoms with Crippen LogP contribution in [0.4, 0.5) is 0 Å². The summed E-state index contributed by atoms with van der Waals surface area (Å²) in [4.78, 5) is 10.5. The molecule has 0 heterocycles. The zero-order valence-corrected chi connectivity index (χ0v) is 6.84. The Balaban J connectivity index is 2.84. The molecular formula is C9H11NO3. The van der Waals surface area contributed by atoms with Gasteiger partial charge in [-0.2, -0.15) is 0 Å². The second-order valence-corrected chi connectivity index (χ2v) is 2.62. The van der Waals surface area contributed by atoms with Crippen LogP contribution in [0.2, 0.25) is 0 Å². The van der Waals surface area contributed by atoms with Crippen LogP contribution < -0.4 is 5.73 Å². The number of carboxylic acid groups (broad SMARTS) is 1. The predicted octanol–water partition coefficient (Wildman–Crippen LogP) is 0.347. The molecule has 2 atom stereocenters. The third-order valence-electron chi connectivity index (χ3n) is 1.55. The van der Waals surface area contributed by atoms with Gasteiger partial charge in [0.2, 0.25) is 0 Å². The van der Waals surface area contributed by atoms with Crippen LogP contribution in [0.15, 0.2) is 24.3 Å².